The monoisotopic (exact) mass is 494 g/mol. The van der Waals surface area contributed by atoms with Crippen molar-refractivity contribution in [2.75, 3.05) is 0 Å². The van der Waals surface area contributed by atoms with E-state index in [-0.39, 0.29) is 39.5 Å². The van der Waals surface area contributed by atoms with Crippen molar-refractivity contribution in [1.29, 1.82) is 0 Å². The summed E-state index contributed by atoms with van der Waals surface area (Å²) in [6.45, 7) is 7.19. The molecule has 0 saturated heterocycles. The minimum absolute atomic E-state index is 0.0651. The Bertz CT molecular complexity index is 1570. The van der Waals surface area contributed by atoms with Gasteiger partial charge in [0.25, 0.3) is 0 Å². The molecule has 0 fully saturated rings. The Morgan fingerprint density at radius 3 is 2.33 bits per heavy atom. The molecule has 3 N–H and O–H groups in total. The van der Waals surface area contributed by atoms with Gasteiger partial charge in [-0.15, -0.1) is 0 Å². The van der Waals surface area contributed by atoms with Crippen LogP contribution in [-0.2, 0) is 11.0 Å². The van der Waals surface area contributed by atoms with Crippen molar-refractivity contribution in [3.63, 3.8) is 0 Å². The first-order valence-electron chi connectivity index (χ1n) is 10.7. The molecule has 0 aliphatic rings. The lowest BCUT2D eigenvalue weighted by Crippen LogP contribution is -2.05. The molecule has 0 aliphatic carbocycles. The van der Waals surface area contributed by atoms with Crippen LogP contribution < -0.4 is 0 Å². The number of phenols is 1. The number of rotatable bonds is 5. The Morgan fingerprint density at radius 1 is 1.00 bits per heavy atom. The number of aryl methyl sites for hydroxylation is 2. The molecule has 0 unspecified atom stereocenters. The molecule has 6 nitrogen and oxygen atoms in total. The first kappa shape index (κ1) is 24.6. The molecule has 3 aromatic carbocycles. The van der Waals surface area contributed by atoms with Crippen LogP contribution >= 0.6 is 0 Å². The lowest BCUT2D eigenvalue weighted by atomic mass is 10.1. The number of aliphatic carboxylic acids is 1. The van der Waals surface area contributed by atoms with E-state index in [1.165, 1.54) is 35.0 Å². The maximum Gasteiger partial charge on any atom is 0.416 e. The molecule has 1 aromatic heterocycles. The van der Waals surface area contributed by atoms with Gasteiger partial charge < -0.3 is 15.3 Å². The van der Waals surface area contributed by atoms with Crippen molar-refractivity contribution in [3.05, 3.63) is 89.0 Å². The smallest absolute Gasteiger partial charge is 0.416 e. The van der Waals surface area contributed by atoms with Crippen molar-refractivity contribution in [1.82, 2.24) is 4.57 Å². The highest BCUT2D eigenvalue weighted by Gasteiger charge is 2.31. The third-order valence-corrected chi connectivity index (χ3v) is 5.97. The third kappa shape index (κ3) is 4.43. The zero-order valence-electron chi connectivity index (χ0n) is 19.3. The molecule has 1 heterocycles. The Balaban J connectivity index is 1.88. The number of benzene rings is 3. The third-order valence-electron chi connectivity index (χ3n) is 5.97. The summed E-state index contributed by atoms with van der Waals surface area (Å²) in [6.07, 6.45) is -3.34. The summed E-state index contributed by atoms with van der Waals surface area (Å²) in [5.74, 6) is -1.90. The first-order valence-corrected chi connectivity index (χ1v) is 10.7. The first-order chi connectivity index (χ1) is 16.9. The van der Waals surface area contributed by atoms with E-state index in [0.29, 0.717) is 11.1 Å². The van der Waals surface area contributed by atoms with Crippen LogP contribution in [0.3, 0.4) is 0 Å². The highest BCUT2D eigenvalue weighted by atomic mass is 19.4. The predicted octanol–water partition coefficient (Wildman–Crippen LogP) is 6.53. The number of aromatic hydroxyl groups is 2. The number of carboxylic acid groups (broad SMARTS) is 1. The van der Waals surface area contributed by atoms with Crippen molar-refractivity contribution < 1.29 is 33.3 Å². The molecule has 0 atom stereocenters. The Labute approximate surface area is 203 Å². The number of phenolic OH excluding ortho intramolecular Hbond substituents is 1. The molecular formula is C27H21F3N2O4. The fourth-order valence-corrected chi connectivity index (χ4v) is 3.81. The van der Waals surface area contributed by atoms with Gasteiger partial charge in [0.15, 0.2) is 0 Å². The summed E-state index contributed by atoms with van der Waals surface area (Å²) < 4.78 is 41.7. The Hall–Kier alpha value is -4.53. The molecule has 4 rings (SSSR count). The number of aromatic nitrogens is 1. The maximum atomic E-state index is 13.5. The van der Waals surface area contributed by atoms with Crippen LogP contribution in [0.5, 0.6) is 11.6 Å². The van der Waals surface area contributed by atoms with Gasteiger partial charge in [0.2, 0.25) is 5.88 Å². The van der Waals surface area contributed by atoms with E-state index < -0.39 is 17.7 Å². The number of alkyl halides is 3. The number of carboxylic acids is 1. The lowest BCUT2D eigenvalue weighted by molar-refractivity contribution is -0.137. The minimum Gasteiger partial charge on any atom is -0.506 e. The second-order valence-corrected chi connectivity index (χ2v) is 8.32. The second-order valence-electron chi connectivity index (χ2n) is 8.32. The van der Waals surface area contributed by atoms with Gasteiger partial charge in [-0.05, 0) is 66.9 Å². The van der Waals surface area contributed by atoms with Gasteiger partial charge in [-0.2, -0.15) is 13.2 Å². The van der Waals surface area contributed by atoms with Crippen LogP contribution in [0.2, 0.25) is 0 Å². The standard InChI is InChI=1S/C27H21F3N2O4/c1-14-4-7-19(10-15(14)2)32-23-12-18(27(28,29)30)6-8-20(23)21(25(32)34)13-31-22-9-5-17(11-24(22)33)16(3)26(35)36/h4-13,33-34H,3H2,1-2H3,(H,35,36). The zero-order chi connectivity index (χ0) is 26.4. The van der Waals surface area contributed by atoms with Gasteiger partial charge >= 0.3 is 12.1 Å². The number of fused-ring (bicyclic) bond motifs is 1. The van der Waals surface area contributed by atoms with E-state index in [1.54, 1.807) is 12.1 Å². The van der Waals surface area contributed by atoms with Crippen molar-refractivity contribution in [2.45, 2.75) is 20.0 Å². The predicted molar refractivity (Wildman–Crippen MR) is 131 cm³/mol. The van der Waals surface area contributed by atoms with Gasteiger partial charge in [0.05, 0.1) is 22.2 Å². The van der Waals surface area contributed by atoms with Gasteiger partial charge in [-0.25, -0.2) is 4.79 Å². The van der Waals surface area contributed by atoms with E-state index in [2.05, 4.69) is 11.6 Å². The normalized spacial score (nSPS) is 11.9. The Morgan fingerprint density at radius 2 is 1.72 bits per heavy atom. The van der Waals surface area contributed by atoms with Crippen LogP contribution in [0, 0.1) is 13.8 Å². The van der Waals surface area contributed by atoms with Crippen molar-refractivity contribution in [3.8, 4) is 17.3 Å². The van der Waals surface area contributed by atoms with E-state index in [1.807, 2.05) is 19.9 Å². The summed E-state index contributed by atoms with van der Waals surface area (Å²) >= 11 is 0. The van der Waals surface area contributed by atoms with Crippen LogP contribution in [0.1, 0.15) is 27.8 Å². The summed E-state index contributed by atoms with van der Waals surface area (Å²) in [4.78, 5) is 15.3. The summed E-state index contributed by atoms with van der Waals surface area (Å²) in [5.41, 5.74) is 1.80. The Kier molecular flexibility index (Phi) is 6.09. The fourth-order valence-electron chi connectivity index (χ4n) is 3.81. The molecule has 9 heteroatoms. The van der Waals surface area contributed by atoms with Crippen LogP contribution in [0.4, 0.5) is 18.9 Å². The molecule has 0 saturated carbocycles. The summed E-state index contributed by atoms with van der Waals surface area (Å²) in [7, 11) is 0. The number of halogens is 3. The summed E-state index contributed by atoms with van der Waals surface area (Å²) in [5, 5.41) is 30.8. The molecule has 36 heavy (non-hydrogen) atoms. The second kappa shape index (κ2) is 8.92. The van der Waals surface area contributed by atoms with Crippen LogP contribution in [-0.4, -0.2) is 32.1 Å². The topological polar surface area (TPSA) is 95.0 Å². The number of aliphatic imine (C=N–C) groups is 1. The summed E-state index contributed by atoms with van der Waals surface area (Å²) in [6, 6.07) is 12.4. The average Bonchev–Trinajstić information content (AvgIpc) is 3.09. The highest BCUT2D eigenvalue weighted by Crippen LogP contribution is 2.39. The van der Waals surface area contributed by atoms with Gasteiger partial charge in [0, 0.05) is 17.3 Å². The molecule has 0 radical (unpaired) electrons. The fraction of sp³-hybridized carbons (Fsp3) is 0.111. The molecule has 184 valence electrons. The minimum atomic E-state index is -4.58. The van der Waals surface area contributed by atoms with Gasteiger partial charge in [-0.1, -0.05) is 24.8 Å². The molecule has 0 spiro atoms. The van der Waals surface area contributed by atoms with Crippen molar-refractivity contribution >= 4 is 34.3 Å². The van der Waals surface area contributed by atoms with Crippen molar-refractivity contribution in [2.24, 2.45) is 4.99 Å². The maximum absolute atomic E-state index is 13.5. The lowest BCUT2D eigenvalue weighted by Gasteiger charge is -2.11. The number of carbonyl (C=O) groups is 1. The quantitative estimate of drug-likeness (QED) is 0.217. The van der Waals surface area contributed by atoms with Crippen LogP contribution in [0.15, 0.2) is 66.2 Å². The molecule has 0 amide bonds. The largest absolute Gasteiger partial charge is 0.506 e. The van der Waals surface area contributed by atoms with E-state index >= 15 is 0 Å². The molecule has 0 aliphatic heterocycles. The molecular weight excluding hydrogens is 473 g/mol. The SMILES string of the molecule is C=C(C(=O)O)c1ccc(N=Cc2c(O)n(-c3ccc(C)c(C)c3)c3cc(C(F)(F)F)ccc23)c(O)c1. The molecule has 4 aromatic rings. The zero-order valence-corrected chi connectivity index (χ0v) is 19.3. The number of hydrogen-bond acceptors (Lipinski definition) is 4. The van der Waals surface area contributed by atoms with Gasteiger partial charge in [-0.3, -0.25) is 9.56 Å². The van der Waals surface area contributed by atoms with E-state index in [4.69, 9.17) is 5.11 Å². The number of hydrogen-bond donors (Lipinski definition) is 3. The average molecular weight is 494 g/mol. The van der Waals surface area contributed by atoms with Crippen LogP contribution in [0.25, 0.3) is 22.2 Å². The van der Waals surface area contributed by atoms with E-state index in [0.717, 1.165) is 23.3 Å². The number of nitrogens with zero attached hydrogens (tertiary/aromatic N) is 2. The highest BCUT2D eigenvalue weighted by molar-refractivity contribution is 6.14. The van der Waals surface area contributed by atoms with E-state index in [9.17, 15) is 28.2 Å². The van der Waals surface area contributed by atoms with Gasteiger partial charge in [0.1, 0.15) is 11.4 Å². The molecule has 0 bridgehead atoms.